The molecule has 6 nitrogen and oxygen atoms in total. The molecule has 0 aliphatic rings. The summed E-state index contributed by atoms with van der Waals surface area (Å²) in [5.74, 6) is -0.129. The molecule has 2 N–H and O–H groups in total. The number of methoxy groups -OCH3 is 1. The predicted molar refractivity (Wildman–Crippen MR) is 71.2 cm³/mol. The molecule has 106 valence electrons. The predicted octanol–water partition coefficient (Wildman–Crippen LogP) is 0.580. The molecule has 0 spiro atoms. The molecule has 0 atom stereocenters. The van der Waals surface area contributed by atoms with Crippen LogP contribution in [0.4, 0.5) is 0 Å². The maximum Gasteiger partial charge on any atom is 0.243 e. The van der Waals surface area contributed by atoms with Gasteiger partial charge in [0, 0.05) is 6.04 Å². The van der Waals surface area contributed by atoms with Crippen LogP contribution in [0.25, 0.3) is 0 Å². The molecule has 1 aromatic carbocycles. The van der Waals surface area contributed by atoms with E-state index in [9.17, 15) is 13.2 Å². The van der Waals surface area contributed by atoms with Gasteiger partial charge in [0.1, 0.15) is 5.75 Å². The van der Waals surface area contributed by atoms with Crippen molar-refractivity contribution in [2.75, 3.05) is 13.7 Å². The van der Waals surface area contributed by atoms with Gasteiger partial charge in [-0.3, -0.25) is 4.79 Å². The summed E-state index contributed by atoms with van der Waals surface area (Å²) in [7, 11) is -2.25. The minimum absolute atomic E-state index is 0.100. The van der Waals surface area contributed by atoms with E-state index in [0.29, 0.717) is 5.75 Å². The van der Waals surface area contributed by atoms with Crippen LogP contribution in [0, 0.1) is 0 Å². The molecule has 1 amide bonds. The van der Waals surface area contributed by atoms with Crippen LogP contribution in [-0.2, 0) is 14.8 Å². The zero-order chi connectivity index (χ0) is 14.6. The number of hydrogen-bond donors (Lipinski definition) is 1. The number of hydrogen-bond acceptors (Lipinski definition) is 4. The fourth-order valence-corrected chi connectivity index (χ4v) is 3.18. The molecule has 1 aromatic rings. The first-order chi connectivity index (χ1) is 8.78. The van der Waals surface area contributed by atoms with Gasteiger partial charge in [-0.05, 0) is 38.1 Å². The van der Waals surface area contributed by atoms with E-state index in [1.54, 1.807) is 26.0 Å². The third kappa shape index (κ3) is 3.68. The molecule has 19 heavy (non-hydrogen) atoms. The van der Waals surface area contributed by atoms with E-state index in [4.69, 9.17) is 10.5 Å². The number of ether oxygens (including phenoxy) is 1. The van der Waals surface area contributed by atoms with Crippen LogP contribution in [0.1, 0.15) is 13.8 Å². The minimum Gasteiger partial charge on any atom is -0.497 e. The van der Waals surface area contributed by atoms with E-state index in [-0.39, 0.29) is 17.5 Å². The second kappa shape index (κ2) is 6.03. The van der Waals surface area contributed by atoms with Gasteiger partial charge in [-0.25, -0.2) is 8.42 Å². The normalized spacial score (nSPS) is 11.8. The van der Waals surface area contributed by atoms with Crippen molar-refractivity contribution in [1.82, 2.24) is 4.31 Å². The number of nitrogens with zero attached hydrogens (tertiary/aromatic N) is 1. The van der Waals surface area contributed by atoms with Gasteiger partial charge in [-0.2, -0.15) is 4.31 Å². The summed E-state index contributed by atoms with van der Waals surface area (Å²) in [6.07, 6.45) is 0. The summed E-state index contributed by atoms with van der Waals surface area (Å²) >= 11 is 0. The molecule has 0 saturated carbocycles. The summed E-state index contributed by atoms with van der Waals surface area (Å²) in [5, 5.41) is 0. The quantitative estimate of drug-likeness (QED) is 0.828. The Morgan fingerprint density at radius 3 is 2.21 bits per heavy atom. The topological polar surface area (TPSA) is 89.7 Å². The molecule has 0 aromatic heterocycles. The van der Waals surface area contributed by atoms with Gasteiger partial charge in [0.2, 0.25) is 15.9 Å². The SMILES string of the molecule is COc1ccc(S(=O)(=O)N(CC(N)=O)C(C)C)cc1. The Morgan fingerprint density at radius 1 is 1.32 bits per heavy atom. The van der Waals surface area contributed by atoms with Gasteiger partial charge < -0.3 is 10.5 Å². The van der Waals surface area contributed by atoms with Crippen molar-refractivity contribution in [1.29, 1.82) is 0 Å². The van der Waals surface area contributed by atoms with Gasteiger partial charge in [0.15, 0.2) is 0 Å². The molecule has 0 unspecified atom stereocenters. The zero-order valence-electron chi connectivity index (χ0n) is 11.2. The summed E-state index contributed by atoms with van der Waals surface area (Å²) < 4.78 is 30.8. The van der Waals surface area contributed by atoms with E-state index in [2.05, 4.69) is 0 Å². The first-order valence-corrected chi connectivity index (χ1v) is 7.17. The van der Waals surface area contributed by atoms with Gasteiger partial charge >= 0.3 is 0 Å². The molecule has 0 radical (unpaired) electrons. The minimum atomic E-state index is -3.74. The monoisotopic (exact) mass is 286 g/mol. The second-order valence-corrected chi connectivity index (χ2v) is 6.18. The average Bonchev–Trinajstić information content (AvgIpc) is 2.35. The standard InChI is InChI=1S/C12H18N2O4S/c1-9(2)14(8-12(13)15)19(16,17)11-6-4-10(18-3)5-7-11/h4-7,9H,8H2,1-3H3,(H2,13,15). The highest BCUT2D eigenvalue weighted by Crippen LogP contribution is 2.20. The molecule has 0 saturated heterocycles. The Kier molecular flexibility index (Phi) is 4.90. The third-order valence-corrected chi connectivity index (χ3v) is 4.59. The van der Waals surface area contributed by atoms with E-state index >= 15 is 0 Å². The summed E-state index contributed by atoms with van der Waals surface area (Å²) in [4.78, 5) is 11.1. The number of rotatable bonds is 6. The summed E-state index contributed by atoms with van der Waals surface area (Å²) in [6.45, 7) is 3.03. The van der Waals surface area contributed by atoms with Gasteiger partial charge in [0.05, 0.1) is 18.6 Å². The van der Waals surface area contributed by atoms with Crippen molar-refractivity contribution in [3.05, 3.63) is 24.3 Å². The Hall–Kier alpha value is -1.60. The smallest absolute Gasteiger partial charge is 0.243 e. The lowest BCUT2D eigenvalue weighted by molar-refractivity contribution is -0.118. The van der Waals surface area contributed by atoms with Crippen molar-refractivity contribution in [2.45, 2.75) is 24.8 Å². The zero-order valence-corrected chi connectivity index (χ0v) is 12.0. The molecule has 0 aliphatic heterocycles. The Labute approximate surface area is 113 Å². The highest BCUT2D eigenvalue weighted by molar-refractivity contribution is 7.89. The van der Waals surface area contributed by atoms with Crippen molar-refractivity contribution in [2.24, 2.45) is 5.73 Å². The Balaban J connectivity index is 3.14. The van der Waals surface area contributed by atoms with Gasteiger partial charge in [-0.15, -0.1) is 0 Å². The average molecular weight is 286 g/mol. The highest BCUT2D eigenvalue weighted by atomic mass is 32.2. The molecule has 0 bridgehead atoms. The number of carbonyl (C=O) groups is 1. The Bertz CT molecular complexity index is 537. The van der Waals surface area contributed by atoms with Gasteiger partial charge in [-0.1, -0.05) is 0 Å². The lowest BCUT2D eigenvalue weighted by atomic mass is 10.3. The van der Waals surface area contributed by atoms with Crippen LogP contribution in [-0.4, -0.2) is 38.3 Å². The van der Waals surface area contributed by atoms with Crippen molar-refractivity contribution < 1.29 is 17.9 Å². The first-order valence-electron chi connectivity index (χ1n) is 5.73. The molecular weight excluding hydrogens is 268 g/mol. The van der Waals surface area contributed by atoms with Crippen molar-refractivity contribution in [3.63, 3.8) is 0 Å². The molecule has 0 fully saturated rings. The maximum absolute atomic E-state index is 12.4. The van der Waals surface area contributed by atoms with E-state index in [0.717, 1.165) is 4.31 Å². The van der Waals surface area contributed by atoms with Gasteiger partial charge in [0.25, 0.3) is 0 Å². The van der Waals surface area contributed by atoms with Crippen LogP contribution >= 0.6 is 0 Å². The fraction of sp³-hybridized carbons (Fsp3) is 0.417. The van der Waals surface area contributed by atoms with E-state index in [1.165, 1.54) is 19.2 Å². The molecule has 1 rings (SSSR count). The number of nitrogens with two attached hydrogens (primary N) is 1. The number of carbonyl (C=O) groups excluding carboxylic acids is 1. The van der Waals surface area contributed by atoms with E-state index < -0.39 is 15.9 Å². The van der Waals surface area contributed by atoms with E-state index in [1.807, 2.05) is 0 Å². The van der Waals surface area contributed by atoms with Crippen LogP contribution in [0.2, 0.25) is 0 Å². The summed E-state index contributed by atoms with van der Waals surface area (Å²) in [5.41, 5.74) is 5.09. The number of primary amides is 1. The largest absolute Gasteiger partial charge is 0.497 e. The lowest BCUT2D eigenvalue weighted by Gasteiger charge is -2.24. The second-order valence-electron chi connectivity index (χ2n) is 4.29. The third-order valence-electron chi connectivity index (χ3n) is 2.55. The highest BCUT2D eigenvalue weighted by Gasteiger charge is 2.28. The number of amides is 1. The molecule has 0 heterocycles. The first kappa shape index (κ1) is 15.5. The van der Waals surface area contributed by atoms with Crippen LogP contribution < -0.4 is 10.5 Å². The lowest BCUT2D eigenvalue weighted by Crippen LogP contribution is -2.42. The number of benzene rings is 1. The molecule has 7 heteroatoms. The Morgan fingerprint density at radius 2 is 1.84 bits per heavy atom. The summed E-state index contributed by atoms with van der Waals surface area (Å²) in [6, 6.07) is 5.61. The number of sulfonamides is 1. The van der Waals surface area contributed by atoms with Crippen LogP contribution in [0.15, 0.2) is 29.2 Å². The fourth-order valence-electron chi connectivity index (χ4n) is 1.58. The van der Waals surface area contributed by atoms with Crippen molar-refractivity contribution in [3.8, 4) is 5.75 Å². The molecule has 0 aliphatic carbocycles. The van der Waals surface area contributed by atoms with Crippen LogP contribution in [0.3, 0.4) is 0 Å². The van der Waals surface area contributed by atoms with Crippen LogP contribution in [0.5, 0.6) is 5.75 Å². The maximum atomic E-state index is 12.4. The molecular formula is C12H18N2O4S. The van der Waals surface area contributed by atoms with Crippen molar-refractivity contribution >= 4 is 15.9 Å².